The van der Waals surface area contributed by atoms with E-state index in [9.17, 15) is 4.79 Å². The van der Waals surface area contributed by atoms with Gasteiger partial charge in [0, 0.05) is 37.4 Å². The van der Waals surface area contributed by atoms with Crippen LogP contribution in [-0.4, -0.2) is 35.7 Å². The molecule has 0 spiro atoms. The Morgan fingerprint density at radius 3 is 1.83 bits per heavy atom. The number of rotatable bonds is 11. The predicted molar refractivity (Wildman–Crippen MR) is 167 cm³/mol. The number of para-hydroxylation sites is 1. The summed E-state index contributed by atoms with van der Waals surface area (Å²) in [6.07, 6.45) is 6.64. The van der Waals surface area contributed by atoms with Crippen LogP contribution in [0.5, 0.6) is 0 Å². The van der Waals surface area contributed by atoms with E-state index in [4.69, 9.17) is 9.72 Å². The number of carbonyl (C=O) groups excluding carboxylic acids is 1. The molecule has 5 heteroatoms. The van der Waals surface area contributed by atoms with Gasteiger partial charge >= 0.3 is 0 Å². The van der Waals surface area contributed by atoms with Gasteiger partial charge in [0.2, 0.25) is 5.91 Å². The maximum Gasteiger partial charge on any atom is 0.230 e. The van der Waals surface area contributed by atoms with E-state index in [2.05, 4.69) is 102 Å². The molecule has 4 aromatic carbocycles. The molecule has 2 atom stereocenters. The van der Waals surface area contributed by atoms with Gasteiger partial charge in [-0.3, -0.25) is 4.79 Å². The van der Waals surface area contributed by atoms with Crippen molar-refractivity contribution in [1.29, 1.82) is 0 Å². The molecule has 5 nitrogen and oxygen atoms in total. The highest BCUT2D eigenvalue weighted by atomic mass is 16.5. The van der Waals surface area contributed by atoms with E-state index in [0.717, 1.165) is 30.6 Å². The smallest absolute Gasteiger partial charge is 0.230 e. The summed E-state index contributed by atoms with van der Waals surface area (Å²) in [7, 11) is 1.72. The number of hydrogen-bond donors (Lipinski definition) is 0. The number of anilines is 1. The van der Waals surface area contributed by atoms with Gasteiger partial charge in [0.25, 0.3) is 0 Å². The average Bonchev–Trinajstić information content (AvgIpc) is 3.64. The van der Waals surface area contributed by atoms with Crippen molar-refractivity contribution in [3.63, 3.8) is 0 Å². The first kappa shape index (κ1) is 27.7. The first-order valence-electron chi connectivity index (χ1n) is 14.8. The number of hydrogen-bond acceptors (Lipinski definition) is 3. The lowest BCUT2D eigenvalue weighted by Gasteiger charge is -2.37. The van der Waals surface area contributed by atoms with Crippen LogP contribution in [-0.2, 0) is 21.5 Å². The van der Waals surface area contributed by atoms with Crippen molar-refractivity contribution in [2.24, 2.45) is 11.8 Å². The Morgan fingerprint density at radius 2 is 1.31 bits per heavy atom. The Bertz CT molecular complexity index is 1470. The minimum absolute atomic E-state index is 0.0516. The first-order valence-corrected chi connectivity index (χ1v) is 14.8. The molecule has 0 bridgehead atoms. The number of carbonyl (C=O) groups is 1. The summed E-state index contributed by atoms with van der Waals surface area (Å²) in [4.78, 5) is 20.3. The predicted octanol–water partition coefficient (Wildman–Crippen LogP) is 6.97. The lowest BCUT2D eigenvalue weighted by atomic mass is 9.77. The molecule has 0 N–H and O–H groups in total. The Labute approximate surface area is 248 Å². The molecule has 0 aliphatic carbocycles. The third-order valence-electron chi connectivity index (χ3n) is 8.56. The normalized spacial score (nSPS) is 17.1. The van der Waals surface area contributed by atoms with Crippen molar-refractivity contribution in [1.82, 2.24) is 9.55 Å². The maximum atomic E-state index is 13.5. The van der Waals surface area contributed by atoms with E-state index in [1.54, 1.807) is 7.11 Å². The van der Waals surface area contributed by atoms with Gasteiger partial charge in [-0.25, -0.2) is 4.98 Å². The van der Waals surface area contributed by atoms with Crippen LogP contribution in [0.3, 0.4) is 0 Å². The quantitative estimate of drug-likeness (QED) is 0.165. The molecule has 6 rings (SSSR count). The van der Waals surface area contributed by atoms with Gasteiger partial charge < -0.3 is 14.2 Å². The van der Waals surface area contributed by atoms with E-state index in [-0.39, 0.29) is 17.7 Å². The Kier molecular flexibility index (Phi) is 8.29. The van der Waals surface area contributed by atoms with E-state index in [1.165, 1.54) is 16.7 Å². The van der Waals surface area contributed by atoms with Crippen LogP contribution < -0.4 is 4.90 Å². The van der Waals surface area contributed by atoms with Crippen LogP contribution in [0.4, 0.5) is 5.69 Å². The van der Waals surface area contributed by atoms with Crippen molar-refractivity contribution in [2.75, 3.05) is 25.2 Å². The standard InChI is InChI=1S/C37H37N3O2/c1-42-27-29-25-40(34-22-12-5-13-23-34)36(41)35(29)24-14-21-33-26-39(28-38-33)37(30-15-6-2-7-16-30,31-17-8-3-9-18-31)32-19-10-4-11-20-32/h2-13,15-20,22-23,26,28-29,35H,14,21,24-25,27H2,1H3. The summed E-state index contributed by atoms with van der Waals surface area (Å²) in [6, 6.07) is 41.9. The second-order valence-electron chi connectivity index (χ2n) is 11.1. The van der Waals surface area contributed by atoms with Crippen molar-refractivity contribution in [3.8, 4) is 0 Å². The van der Waals surface area contributed by atoms with E-state index < -0.39 is 5.54 Å². The van der Waals surface area contributed by atoms with Gasteiger partial charge in [-0.1, -0.05) is 109 Å². The zero-order valence-corrected chi connectivity index (χ0v) is 24.1. The molecule has 0 saturated carbocycles. The number of nitrogens with zero attached hydrogens (tertiary/aromatic N) is 3. The Balaban J connectivity index is 1.27. The molecule has 5 aromatic rings. The molecule has 212 valence electrons. The molecule has 1 aromatic heterocycles. The zero-order valence-electron chi connectivity index (χ0n) is 24.1. The maximum absolute atomic E-state index is 13.5. The van der Waals surface area contributed by atoms with Gasteiger partial charge in [0.15, 0.2) is 0 Å². The fourth-order valence-corrected chi connectivity index (χ4v) is 6.60. The monoisotopic (exact) mass is 555 g/mol. The van der Waals surface area contributed by atoms with Crippen molar-refractivity contribution in [3.05, 3.63) is 156 Å². The molecule has 1 saturated heterocycles. The molecular weight excluding hydrogens is 518 g/mol. The van der Waals surface area contributed by atoms with Gasteiger partial charge in [-0.2, -0.15) is 0 Å². The molecule has 2 unspecified atom stereocenters. The summed E-state index contributed by atoms with van der Waals surface area (Å²) in [6.45, 7) is 1.28. The molecule has 1 fully saturated rings. The van der Waals surface area contributed by atoms with Crippen LogP contribution in [0.1, 0.15) is 35.2 Å². The highest BCUT2D eigenvalue weighted by molar-refractivity contribution is 5.97. The molecule has 2 heterocycles. The number of ether oxygens (including phenoxy) is 1. The largest absolute Gasteiger partial charge is 0.384 e. The number of methoxy groups -OCH3 is 1. The van der Waals surface area contributed by atoms with Gasteiger partial charge in [-0.05, 0) is 48.1 Å². The van der Waals surface area contributed by atoms with Crippen LogP contribution in [0, 0.1) is 11.8 Å². The summed E-state index contributed by atoms with van der Waals surface area (Å²) in [5, 5.41) is 0. The van der Waals surface area contributed by atoms with E-state index in [0.29, 0.717) is 13.2 Å². The molecule has 0 radical (unpaired) electrons. The molecule has 1 amide bonds. The third kappa shape index (κ3) is 5.28. The molecule has 1 aliphatic rings. The van der Waals surface area contributed by atoms with Crippen molar-refractivity contribution >= 4 is 11.6 Å². The molecule has 42 heavy (non-hydrogen) atoms. The van der Waals surface area contributed by atoms with E-state index in [1.807, 2.05) is 41.6 Å². The lowest BCUT2D eigenvalue weighted by Crippen LogP contribution is -2.36. The van der Waals surface area contributed by atoms with Gasteiger partial charge in [-0.15, -0.1) is 0 Å². The van der Waals surface area contributed by atoms with Crippen molar-refractivity contribution in [2.45, 2.75) is 24.8 Å². The number of benzene rings is 4. The van der Waals surface area contributed by atoms with Gasteiger partial charge in [0.1, 0.15) is 5.54 Å². The SMILES string of the molecule is COCC1CN(c2ccccc2)C(=O)C1CCCc1cn(C(c2ccccc2)(c2ccccc2)c2ccccc2)cn1. The second-order valence-corrected chi connectivity index (χ2v) is 11.1. The minimum Gasteiger partial charge on any atom is -0.384 e. The van der Waals surface area contributed by atoms with Crippen LogP contribution in [0.15, 0.2) is 134 Å². The summed E-state index contributed by atoms with van der Waals surface area (Å²) in [5.74, 6) is 0.330. The summed E-state index contributed by atoms with van der Waals surface area (Å²) < 4.78 is 7.78. The van der Waals surface area contributed by atoms with E-state index >= 15 is 0 Å². The highest BCUT2D eigenvalue weighted by Gasteiger charge is 2.41. The average molecular weight is 556 g/mol. The fraction of sp³-hybridized carbons (Fsp3) is 0.243. The second kappa shape index (κ2) is 12.6. The first-order chi connectivity index (χ1) is 20.7. The molecule has 1 aliphatic heterocycles. The number of aromatic nitrogens is 2. The van der Waals surface area contributed by atoms with Crippen LogP contribution in [0.2, 0.25) is 0 Å². The highest BCUT2D eigenvalue weighted by Crippen LogP contribution is 2.41. The topological polar surface area (TPSA) is 47.4 Å². The summed E-state index contributed by atoms with van der Waals surface area (Å²) in [5.41, 5.74) is 4.93. The third-order valence-corrected chi connectivity index (χ3v) is 8.56. The van der Waals surface area contributed by atoms with Crippen LogP contribution in [0.25, 0.3) is 0 Å². The zero-order chi connectivity index (χ0) is 28.8. The Morgan fingerprint density at radius 1 is 0.786 bits per heavy atom. The lowest BCUT2D eigenvalue weighted by molar-refractivity contribution is -0.121. The van der Waals surface area contributed by atoms with Crippen LogP contribution >= 0.6 is 0 Å². The summed E-state index contributed by atoms with van der Waals surface area (Å²) >= 11 is 0. The Hall–Kier alpha value is -4.48. The number of amides is 1. The molecular formula is C37H37N3O2. The minimum atomic E-state index is -0.573. The van der Waals surface area contributed by atoms with Crippen molar-refractivity contribution < 1.29 is 9.53 Å². The number of aryl methyl sites for hydroxylation is 1. The fourth-order valence-electron chi connectivity index (χ4n) is 6.60. The number of imidazole rings is 1. The van der Waals surface area contributed by atoms with Gasteiger partial charge in [0.05, 0.1) is 18.6 Å².